The van der Waals surface area contributed by atoms with Gasteiger partial charge in [0.25, 0.3) is 0 Å². The van der Waals surface area contributed by atoms with Crippen molar-refractivity contribution in [3.63, 3.8) is 0 Å². The molecule has 1 aromatic heterocycles. The number of nitrogens with zero attached hydrogens (tertiary/aromatic N) is 5. The molecule has 5 rings (SSSR count). The van der Waals surface area contributed by atoms with Crippen molar-refractivity contribution >= 4 is 34.2 Å². The van der Waals surface area contributed by atoms with Crippen molar-refractivity contribution in [2.24, 2.45) is 4.99 Å². The first-order valence-electron chi connectivity index (χ1n) is 13.6. The maximum absolute atomic E-state index is 12.8. The lowest BCUT2D eigenvalue weighted by atomic mass is 10.1. The molecule has 1 fully saturated rings. The fourth-order valence-electron chi connectivity index (χ4n) is 4.52. The third-order valence-corrected chi connectivity index (χ3v) is 7.75. The standard InChI is InChI=1S/C31H29F3N6O2S/c1-3-22-7-4-5-8-27(22)39-17-6-18-43-30(39)37-29(41)35-19-21(2)23-9-11-24(12-10-23)28-36-20-40(38-28)25-13-15-26(16-14-25)42-31(32,33)34/h4-5,7-16,19-20H,3,6,17-18H2,1-2H3,(H,35,41)/b21-19+,37-30-. The first kappa shape index (κ1) is 29.9. The van der Waals surface area contributed by atoms with Crippen molar-refractivity contribution in [1.29, 1.82) is 0 Å². The first-order chi connectivity index (χ1) is 20.7. The number of amides is 2. The Morgan fingerprint density at radius 1 is 1.09 bits per heavy atom. The SMILES string of the molecule is CCc1ccccc1N1CCCS/C1=N\C(=O)N/C=C(\C)c1ccc(-c2ncn(-c3ccc(OC(F)(F)F)cc3)n2)cc1. The van der Waals surface area contributed by atoms with Gasteiger partial charge in [0.15, 0.2) is 11.0 Å². The van der Waals surface area contributed by atoms with Crippen molar-refractivity contribution in [3.05, 3.63) is 96.5 Å². The number of benzene rings is 3. The topological polar surface area (TPSA) is 84.6 Å². The molecule has 2 heterocycles. The number of carbonyl (C=O) groups is 1. The van der Waals surface area contributed by atoms with Crippen LogP contribution in [-0.2, 0) is 6.42 Å². The Morgan fingerprint density at radius 2 is 1.84 bits per heavy atom. The number of hydrogen-bond donors (Lipinski definition) is 1. The van der Waals surface area contributed by atoms with Crippen LogP contribution in [-0.4, -0.2) is 44.6 Å². The zero-order valence-corrected chi connectivity index (χ0v) is 24.3. The number of aromatic nitrogens is 3. The molecule has 0 bridgehead atoms. The fourth-order valence-corrected chi connectivity index (χ4v) is 5.47. The summed E-state index contributed by atoms with van der Waals surface area (Å²) in [6.07, 6.45) is 0.282. The van der Waals surface area contributed by atoms with Gasteiger partial charge in [-0.25, -0.2) is 14.5 Å². The Kier molecular flexibility index (Phi) is 9.15. The second-order valence-corrected chi connectivity index (χ2v) is 10.7. The van der Waals surface area contributed by atoms with Crippen LogP contribution < -0.4 is 15.0 Å². The number of aryl methyl sites for hydroxylation is 1. The number of para-hydroxylation sites is 1. The van der Waals surface area contributed by atoms with E-state index in [4.69, 9.17) is 0 Å². The van der Waals surface area contributed by atoms with E-state index < -0.39 is 12.4 Å². The molecule has 0 atom stereocenters. The lowest BCUT2D eigenvalue weighted by molar-refractivity contribution is -0.274. The van der Waals surface area contributed by atoms with Crippen molar-refractivity contribution in [3.8, 4) is 22.8 Å². The molecule has 1 saturated heterocycles. The van der Waals surface area contributed by atoms with E-state index in [0.29, 0.717) is 16.7 Å². The molecule has 1 aliphatic heterocycles. The van der Waals surface area contributed by atoms with Gasteiger partial charge in [-0.3, -0.25) is 0 Å². The number of anilines is 1. The molecule has 12 heteroatoms. The van der Waals surface area contributed by atoms with Crippen LogP contribution in [0.3, 0.4) is 0 Å². The lowest BCUT2D eigenvalue weighted by Crippen LogP contribution is -2.36. The van der Waals surface area contributed by atoms with E-state index in [9.17, 15) is 18.0 Å². The highest BCUT2D eigenvalue weighted by molar-refractivity contribution is 8.14. The molecule has 8 nitrogen and oxygen atoms in total. The van der Waals surface area contributed by atoms with Gasteiger partial charge in [0.05, 0.1) is 5.69 Å². The molecule has 4 aromatic rings. The number of hydrogen-bond acceptors (Lipinski definition) is 5. The zero-order valence-electron chi connectivity index (χ0n) is 23.5. The Morgan fingerprint density at radius 3 is 2.56 bits per heavy atom. The number of halogens is 3. The van der Waals surface area contributed by atoms with Gasteiger partial charge in [-0.1, -0.05) is 61.2 Å². The van der Waals surface area contributed by atoms with Crippen molar-refractivity contribution in [1.82, 2.24) is 20.1 Å². The molecular weight excluding hydrogens is 577 g/mol. The first-order valence-corrected chi connectivity index (χ1v) is 14.6. The Hall–Kier alpha value is -4.58. The number of ether oxygens (including phenoxy) is 1. The van der Waals surface area contributed by atoms with E-state index in [2.05, 4.69) is 49.1 Å². The predicted octanol–water partition coefficient (Wildman–Crippen LogP) is 7.47. The number of amidine groups is 1. The van der Waals surface area contributed by atoms with Gasteiger partial charge in [0, 0.05) is 29.7 Å². The average molecular weight is 607 g/mol. The number of carbonyl (C=O) groups excluding carboxylic acids is 1. The van der Waals surface area contributed by atoms with E-state index in [1.54, 1.807) is 18.0 Å². The smallest absolute Gasteiger partial charge is 0.406 e. The summed E-state index contributed by atoms with van der Waals surface area (Å²) in [6, 6.07) is 20.6. The van der Waals surface area contributed by atoms with Gasteiger partial charge in [-0.15, -0.1) is 18.3 Å². The summed E-state index contributed by atoms with van der Waals surface area (Å²) >= 11 is 1.58. The van der Waals surface area contributed by atoms with Gasteiger partial charge in [-0.05, 0) is 66.8 Å². The zero-order chi connectivity index (χ0) is 30.4. The molecule has 0 spiro atoms. The minimum atomic E-state index is -4.75. The van der Waals surface area contributed by atoms with E-state index in [1.165, 1.54) is 40.8 Å². The summed E-state index contributed by atoms with van der Waals surface area (Å²) < 4.78 is 42.6. The lowest BCUT2D eigenvalue weighted by Gasteiger charge is -2.31. The summed E-state index contributed by atoms with van der Waals surface area (Å²) in [7, 11) is 0. The van der Waals surface area contributed by atoms with Gasteiger partial charge in [0.2, 0.25) is 0 Å². The second kappa shape index (κ2) is 13.2. The second-order valence-electron chi connectivity index (χ2n) is 9.64. The molecule has 43 heavy (non-hydrogen) atoms. The van der Waals surface area contributed by atoms with Crippen molar-refractivity contribution in [2.45, 2.75) is 33.1 Å². The minimum Gasteiger partial charge on any atom is -0.406 e. The highest BCUT2D eigenvalue weighted by Crippen LogP contribution is 2.29. The van der Waals surface area contributed by atoms with Crippen LogP contribution in [0.15, 0.2) is 90.3 Å². The number of urea groups is 1. The number of rotatable bonds is 7. The highest BCUT2D eigenvalue weighted by atomic mass is 32.2. The summed E-state index contributed by atoms with van der Waals surface area (Å²) in [4.78, 5) is 23.6. The van der Waals surface area contributed by atoms with Gasteiger partial charge < -0.3 is 15.0 Å². The monoisotopic (exact) mass is 606 g/mol. The minimum absolute atomic E-state index is 0.313. The van der Waals surface area contributed by atoms with Crippen LogP contribution in [0.1, 0.15) is 31.4 Å². The van der Waals surface area contributed by atoms with Crippen molar-refractivity contribution < 1.29 is 22.7 Å². The Bertz CT molecular complexity index is 1630. The van der Waals surface area contributed by atoms with E-state index >= 15 is 0 Å². The van der Waals surface area contributed by atoms with Crippen molar-refractivity contribution in [2.75, 3.05) is 17.2 Å². The largest absolute Gasteiger partial charge is 0.573 e. The summed E-state index contributed by atoms with van der Waals surface area (Å²) in [5, 5.41) is 7.91. The van der Waals surface area contributed by atoms with E-state index in [0.717, 1.165) is 47.5 Å². The predicted molar refractivity (Wildman–Crippen MR) is 163 cm³/mol. The summed E-state index contributed by atoms with van der Waals surface area (Å²) in [6.45, 7) is 4.82. The van der Waals surface area contributed by atoms with Crippen LogP contribution >= 0.6 is 11.8 Å². The third kappa shape index (κ3) is 7.63. The number of nitrogens with one attached hydrogen (secondary N) is 1. The van der Waals surface area contributed by atoms with Gasteiger partial charge in [0.1, 0.15) is 12.1 Å². The van der Waals surface area contributed by atoms with Crippen LogP contribution in [0.25, 0.3) is 22.6 Å². The molecule has 0 saturated carbocycles. The van der Waals surface area contributed by atoms with Crippen LogP contribution in [0.5, 0.6) is 5.75 Å². The third-order valence-electron chi connectivity index (χ3n) is 6.69. The van der Waals surface area contributed by atoms with E-state index in [-0.39, 0.29) is 5.75 Å². The molecule has 222 valence electrons. The van der Waals surface area contributed by atoms with Crippen LogP contribution in [0.2, 0.25) is 0 Å². The van der Waals surface area contributed by atoms with Crippen LogP contribution in [0, 0.1) is 0 Å². The molecule has 0 aliphatic carbocycles. The van der Waals surface area contributed by atoms with Gasteiger partial charge in [-0.2, -0.15) is 4.99 Å². The maximum Gasteiger partial charge on any atom is 0.573 e. The fraction of sp³-hybridized carbons (Fsp3) is 0.226. The number of allylic oxidation sites excluding steroid dienone is 1. The molecule has 0 radical (unpaired) electrons. The molecular formula is C31H29F3N6O2S. The molecule has 1 aliphatic rings. The average Bonchev–Trinajstić information content (AvgIpc) is 3.50. The summed E-state index contributed by atoms with van der Waals surface area (Å²) in [5.74, 6) is 1.05. The number of aliphatic imine (C=N–C) groups is 1. The molecule has 2 amide bonds. The number of thioether (sulfide) groups is 1. The maximum atomic E-state index is 12.8. The Balaban J connectivity index is 1.23. The highest BCUT2D eigenvalue weighted by Gasteiger charge is 2.31. The van der Waals surface area contributed by atoms with Crippen LogP contribution in [0.4, 0.5) is 23.7 Å². The molecule has 3 aromatic carbocycles. The summed E-state index contributed by atoms with van der Waals surface area (Å²) in [5.41, 5.74) is 5.32. The van der Waals surface area contributed by atoms with E-state index in [1.807, 2.05) is 43.3 Å². The normalized spacial score (nSPS) is 15.0. The Labute approximate surface area is 251 Å². The quantitative estimate of drug-likeness (QED) is 0.235. The number of alkyl halides is 3. The van der Waals surface area contributed by atoms with Gasteiger partial charge >= 0.3 is 12.4 Å². The molecule has 0 unspecified atom stereocenters. The molecule has 1 N–H and O–H groups in total.